The first-order valence-corrected chi connectivity index (χ1v) is 7.39. The predicted octanol–water partition coefficient (Wildman–Crippen LogP) is 2.10. The first-order chi connectivity index (χ1) is 9.65. The SMILES string of the molecule is CC(C)OCC(O)COc1ccccc1CNC1CC1. The summed E-state index contributed by atoms with van der Waals surface area (Å²) < 4.78 is 11.1. The summed E-state index contributed by atoms with van der Waals surface area (Å²) in [5.74, 6) is 0.837. The minimum absolute atomic E-state index is 0.125. The van der Waals surface area contributed by atoms with Crippen molar-refractivity contribution >= 4 is 0 Å². The molecule has 112 valence electrons. The van der Waals surface area contributed by atoms with Gasteiger partial charge in [0.2, 0.25) is 0 Å². The molecule has 1 aromatic carbocycles. The summed E-state index contributed by atoms with van der Waals surface area (Å²) in [5, 5.41) is 13.3. The summed E-state index contributed by atoms with van der Waals surface area (Å²) in [7, 11) is 0. The van der Waals surface area contributed by atoms with E-state index in [0.29, 0.717) is 12.6 Å². The molecule has 4 heteroatoms. The van der Waals surface area contributed by atoms with Gasteiger partial charge in [0.25, 0.3) is 0 Å². The molecule has 0 aromatic heterocycles. The lowest BCUT2D eigenvalue weighted by atomic mass is 10.2. The van der Waals surface area contributed by atoms with Gasteiger partial charge in [-0.15, -0.1) is 0 Å². The van der Waals surface area contributed by atoms with Crippen molar-refractivity contribution in [3.8, 4) is 5.75 Å². The zero-order chi connectivity index (χ0) is 14.4. The van der Waals surface area contributed by atoms with E-state index in [0.717, 1.165) is 17.9 Å². The highest BCUT2D eigenvalue weighted by atomic mass is 16.5. The van der Waals surface area contributed by atoms with Gasteiger partial charge in [0.05, 0.1) is 12.7 Å². The van der Waals surface area contributed by atoms with Crippen LogP contribution in [-0.4, -0.2) is 36.6 Å². The fourth-order valence-electron chi connectivity index (χ4n) is 1.87. The van der Waals surface area contributed by atoms with Gasteiger partial charge in [0, 0.05) is 18.2 Å². The van der Waals surface area contributed by atoms with E-state index in [1.165, 1.54) is 12.8 Å². The molecule has 0 spiro atoms. The monoisotopic (exact) mass is 279 g/mol. The van der Waals surface area contributed by atoms with E-state index >= 15 is 0 Å². The van der Waals surface area contributed by atoms with Crippen LogP contribution in [0.5, 0.6) is 5.75 Å². The van der Waals surface area contributed by atoms with Crippen molar-refractivity contribution < 1.29 is 14.6 Å². The third-order valence-electron chi connectivity index (χ3n) is 3.18. The van der Waals surface area contributed by atoms with E-state index in [1.807, 2.05) is 32.0 Å². The van der Waals surface area contributed by atoms with Crippen molar-refractivity contribution in [3.63, 3.8) is 0 Å². The fourth-order valence-corrected chi connectivity index (χ4v) is 1.87. The molecule has 0 aliphatic heterocycles. The molecule has 1 aromatic rings. The molecule has 4 nitrogen and oxygen atoms in total. The molecule has 1 saturated carbocycles. The van der Waals surface area contributed by atoms with Crippen LogP contribution < -0.4 is 10.1 Å². The van der Waals surface area contributed by atoms with Crippen LogP contribution >= 0.6 is 0 Å². The normalized spacial score (nSPS) is 16.4. The van der Waals surface area contributed by atoms with Crippen LogP contribution in [0.1, 0.15) is 32.3 Å². The van der Waals surface area contributed by atoms with Gasteiger partial charge in [-0.05, 0) is 32.8 Å². The van der Waals surface area contributed by atoms with Crippen LogP contribution in [0.3, 0.4) is 0 Å². The molecule has 1 aliphatic rings. The average Bonchev–Trinajstić information content (AvgIpc) is 3.25. The highest BCUT2D eigenvalue weighted by molar-refractivity contribution is 5.33. The molecular formula is C16H25NO3. The van der Waals surface area contributed by atoms with Gasteiger partial charge >= 0.3 is 0 Å². The van der Waals surface area contributed by atoms with E-state index in [1.54, 1.807) is 0 Å². The van der Waals surface area contributed by atoms with Gasteiger partial charge in [0.1, 0.15) is 18.5 Å². The molecule has 1 fully saturated rings. The van der Waals surface area contributed by atoms with Crippen molar-refractivity contribution in [3.05, 3.63) is 29.8 Å². The van der Waals surface area contributed by atoms with Gasteiger partial charge < -0.3 is 19.9 Å². The van der Waals surface area contributed by atoms with Crippen LogP contribution in [0.4, 0.5) is 0 Å². The lowest BCUT2D eigenvalue weighted by molar-refractivity contribution is -0.0124. The Balaban J connectivity index is 1.78. The van der Waals surface area contributed by atoms with E-state index in [4.69, 9.17) is 9.47 Å². The second-order valence-corrected chi connectivity index (χ2v) is 5.61. The number of nitrogens with one attached hydrogen (secondary N) is 1. The highest BCUT2D eigenvalue weighted by Gasteiger charge is 2.20. The van der Waals surface area contributed by atoms with Crippen molar-refractivity contribution in [1.29, 1.82) is 0 Å². The van der Waals surface area contributed by atoms with Crippen molar-refractivity contribution in [2.45, 2.75) is 51.5 Å². The van der Waals surface area contributed by atoms with Gasteiger partial charge in [-0.2, -0.15) is 0 Å². The lowest BCUT2D eigenvalue weighted by Gasteiger charge is -2.16. The summed E-state index contributed by atoms with van der Waals surface area (Å²) in [4.78, 5) is 0. The summed E-state index contributed by atoms with van der Waals surface area (Å²) in [6.07, 6.45) is 2.07. The van der Waals surface area contributed by atoms with Crippen molar-refractivity contribution in [1.82, 2.24) is 5.32 Å². The molecule has 1 atom stereocenters. The number of ether oxygens (including phenoxy) is 2. The Labute approximate surface area is 121 Å². The Morgan fingerprint density at radius 2 is 2.00 bits per heavy atom. The lowest BCUT2D eigenvalue weighted by Crippen LogP contribution is -2.25. The van der Waals surface area contributed by atoms with E-state index in [-0.39, 0.29) is 12.7 Å². The van der Waals surface area contributed by atoms with E-state index < -0.39 is 6.10 Å². The van der Waals surface area contributed by atoms with Gasteiger partial charge in [-0.1, -0.05) is 18.2 Å². The molecule has 1 unspecified atom stereocenters. The fraction of sp³-hybridized carbons (Fsp3) is 0.625. The zero-order valence-electron chi connectivity index (χ0n) is 12.3. The topological polar surface area (TPSA) is 50.7 Å². The first-order valence-electron chi connectivity index (χ1n) is 7.39. The summed E-state index contributed by atoms with van der Waals surface area (Å²) >= 11 is 0. The highest BCUT2D eigenvalue weighted by Crippen LogP contribution is 2.22. The predicted molar refractivity (Wildman–Crippen MR) is 78.9 cm³/mol. The maximum absolute atomic E-state index is 9.81. The molecule has 0 radical (unpaired) electrons. The Hall–Kier alpha value is -1.10. The van der Waals surface area contributed by atoms with E-state index in [2.05, 4.69) is 11.4 Å². The van der Waals surface area contributed by atoms with Crippen LogP contribution in [-0.2, 0) is 11.3 Å². The number of hydrogen-bond donors (Lipinski definition) is 2. The Kier molecular flexibility index (Phi) is 5.83. The number of aliphatic hydroxyl groups excluding tert-OH is 1. The first kappa shape index (κ1) is 15.3. The number of para-hydroxylation sites is 1. The van der Waals surface area contributed by atoms with Gasteiger partial charge in [0.15, 0.2) is 0 Å². The van der Waals surface area contributed by atoms with Crippen molar-refractivity contribution in [2.24, 2.45) is 0 Å². The Bertz CT molecular complexity index is 404. The molecule has 1 aliphatic carbocycles. The summed E-state index contributed by atoms with van der Waals surface area (Å²) in [6, 6.07) is 8.64. The molecule has 2 rings (SSSR count). The zero-order valence-corrected chi connectivity index (χ0v) is 12.3. The number of aliphatic hydroxyl groups is 1. The molecule has 0 bridgehead atoms. The maximum Gasteiger partial charge on any atom is 0.123 e. The number of hydrogen-bond acceptors (Lipinski definition) is 4. The van der Waals surface area contributed by atoms with Gasteiger partial charge in [-0.3, -0.25) is 0 Å². The Morgan fingerprint density at radius 1 is 1.25 bits per heavy atom. The minimum atomic E-state index is -0.596. The van der Waals surface area contributed by atoms with E-state index in [9.17, 15) is 5.11 Å². The molecular weight excluding hydrogens is 254 g/mol. The molecule has 0 heterocycles. The summed E-state index contributed by atoms with van der Waals surface area (Å²) in [6.45, 7) is 5.28. The largest absolute Gasteiger partial charge is 0.490 e. The van der Waals surface area contributed by atoms with Crippen LogP contribution in [0, 0.1) is 0 Å². The van der Waals surface area contributed by atoms with Crippen LogP contribution in [0.2, 0.25) is 0 Å². The van der Waals surface area contributed by atoms with Crippen molar-refractivity contribution in [2.75, 3.05) is 13.2 Å². The number of rotatable bonds is 9. The quantitative estimate of drug-likeness (QED) is 0.727. The molecule has 2 N–H and O–H groups in total. The number of benzene rings is 1. The smallest absolute Gasteiger partial charge is 0.123 e. The van der Waals surface area contributed by atoms with Crippen LogP contribution in [0.25, 0.3) is 0 Å². The molecule has 0 saturated heterocycles. The molecule has 0 amide bonds. The van der Waals surface area contributed by atoms with Crippen LogP contribution in [0.15, 0.2) is 24.3 Å². The second kappa shape index (κ2) is 7.62. The minimum Gasteiger partial charge on any atom is -0.490 e. The second-order valence-electron chi connectivity index (χ2n) is 5.61. The average molecular weight is 279 g/mol. The Morgan fingerprint density at radius 3 is 2.70 bits per heavy atom. The summed E-state index contributed by atoms with van der Waals surface area (Å²) in [5.41, 5.74) is 1.14. The maximum atomic E-state index is 9.81. The molecule has 20 heavy (non-hydrogen) atoms. The third-order valence-corrected chi connectivity index (χ3v) is 3.18. The third kappa shape index (κ3) is 5.49. The standard InChI is InChI=1S/C16H25NO3/c1-12(2)19-10-15(18)11-20-16-6-4-3-5-13(16)9-17-14-7-8-14/h3-6,12,14-15,17-18H,7-11H2,1-2H3. The van der Waals surface area contributed by atoms with Gasteiger partial charge in [-0.25, -0.2) is 0 Å².